The lowest BCUT2D eigenvalue weighted by Crippen LogP contribution is -2.44. The predicted octanol–water partition coefficient (Wildman–Crippen LogP) is 2.62. The number of anilines is 3. The van der Waals surface area contributed by atoms with Gasteiger partial charge in [0, 0.05) is 29.6 Å². The van der Waals surface area contributed by atoms with Crippen LogP contribution in [0.4, 0.5) is 17.2 Å². The molecule has 0 saturated heterocycles. The number of rotatable bonds is 8. The third kappa shape index (κ3) is 5.77. The molecule has 2 aliphatic carbocycles. The molecule has 2 saturated carbocycles. The number of carbonyl (C=O) groups is 1. The lowest BCUT2D eigenvalue weighted by atomic mass is 9.93. The Labute approximate surface area is 199 Å². The van der Waals surface area contributed by atoms with Crippen LogP contribution < -0.4 is 25.4 Å². The van der Waals surface area contributed by atoms with Crippen LogP contribution in [0.25, 0.3) is 0 Å². The van der Waals surface area contributed by atoms with Gasteiger partial charge < -0.3 is 26.1 Å². The van der Waals surface area contributed by atoms with Crippen LogP contribution in [0.1, 0.15) is 54.6 Å². The summed E-state index contributed by atoms with van der Waals surface area (Å²) in [5.41, 5.74) is 8.04. The van der Waals surface area contributed by atoms with E-state index < -0.39 is 5.91 Å². The van der Waals surface area contributed by atoms with E-state index in [9.17, 15) is 15.1 Å². The topological polar surface area (TPSA) is 124 Å². The number of amides is 1. The largest absolute Gasteiger partial charge is 0.491 e. The van der Waals surface area contributed by atoms with Crippen molar-refractivity contribution in [1.82, 2.24) is 0 Å². The first-order chi connectivity index (χ1) is 16.3. The van der Waals surface area contributed by atoms with Crippen molar-refractivity contribution in [1.29, 1.82) is 0 Å². The average Bonchev–Trinajstić information content (AvgIpc) is 3.63. The minimum absolute atomic E-state index is 0.0900. The Kier molecular flexibility index (Phi) is 7.21. The summed E-state index contributed by atoms with van der Waals surface area (Å²) in [6, 6.07) is 8.59. The van der Waals surface area contributed by atoms with Crippen molar-refractivity contribution < 1.29 is 24.6 Å². The van der Waals surface area contributed by atoms with Crippen LogP contribution in [0, 0.1) is 5.92 Å². The van der Waals surface area contributed by atoms with Gasteiger partial charge in [-0.3, -0.25) is 14.7 Å². The molecule has 2 aliphatic rings. The first-order valence-electron chi connectivity index (χ1n) is 11.8. The average molecular weight is 469 g/mol. The molecule has 2 aromatic rings. The summed E-state index contributed by atoms with van der Waals surface area (Å²) in [5, 5.41) is 23.1. The van der Waals surface area contributed by atoms with Crippen molar-refractivity contribution >= 4 is 29.3 Å². The highest BCUT2D eigenvalue weighted by Gasteiger charge is 2.25. The van der Waals surface area contributed by atoms with Gasteiger partial charge in [0.05, 0.1) is 38.5 Å². The Morgan fingerprint density at radius 3 is 2.65 bits per heavy atom. The number of aliphatic hydroxyl groups excluding tert-OH is 1. The number of carbonyl (C=O) groups excluding carboxylic acids is 1. The van der Waals surface area contributed by atoms with Crippen LogP contribution in [0.15, 0.2) is 35.3 Å². The number of hydrogen-bond acceptors (Lipinski definition) is 7. The molecular weight excluding hydrogens is 434 g/mol. The zero-order valence-corrected chi connectivity index (χ0v) is 19.8. The van der Waals surface area contributed by atoms with Crippen LogP contribution in [-0.4, -0.2) is 55.3 Å². The highest BCUT2D eigenvalue weighted by Crippen LogP contribution is 2.34. The van der Waals surface area contributed by atoms with Gasteiger partial charge in [0.15, 0.2) is 0 Å². The molecule has 1 amide bonds. The molecule has 34 heavy (non-hydrogen) atoms. The number of nitrogens with two attached hydrogens (primary N) is 1. The maximum absolute atomic E-state index is 13.1. The monoisotopic (exact) mass is 468 g/mol. The molecule has 0 aliphatic heterocycles. The van der Waals surface area contributed by atoms with Gasteiger partial charge in [-0.1, -0.05) is 0 Å². The van der Waals surface area contributed by atoms with Gasteiger partial charge in [0.2, 0.25) is 5.69 Å². The van der Waals surface area contributed by atoms with Gasteiger partial charge in [0.25, 0.3) is 5.91 Å². The summed E-state index contributed by atoms with van der Waals surface area (Å²) < 4.78 is 6.85. The molecule has 0 bridgehead atoms. The van der Waals surface area contributed by atoms with E-state index in [1.807, 2.05) is 0 Å². The molecule has 0 unspecified atom stereocenters. The first kappa shape index (κ1) is 23.8. The Bertz CT molecular complexity index is 1060. The van der Waals surface area contributed by atoms with E-state index in [2.05, 4.69) is 10.3 Å². The van der Waals surface area contributed by atoms with Crippen LogP contribution in [0.3, 0.4) is 0 Å². The Morgan fingerprint density at radius 1 is 1.24 bits per heavy atom. The number of ether oxygens (including phenoxy) is 1. The maximum Gasteiger partial charge on any atom is 0.316 e. The molecule has 5 N–H and O–H groups in total. The van der Waals surface area contributed by atoms with E-state index in [1.54, 1.807) is 55.5 Å². The van der Waals surface area contributed by atoms with Gasteiger partial charge >= 0.3 is 5.82 Å². The van der Waals surface area contributed by atoms with Gasteiger partial charge in [-0.2, -0.15) is 0 Å². The second-order valence-corrected chi connectivity index (χ2v) is 9.40. The van der Waals surface area contributed by atoms with E-state index in [4.69, 9.17) is 10.5 Å². The molecule has 1 heterocycles. The number of nitrogens with one attached hydrogen (secondary N) is 1. The third-order valence-electron chi connectivity index (χ3n) is 6.33. The van der Waals surface area contributed by atoms with E-state index in [0.717, 1.165) is 43.3 Å². The summed E-state index contributed by atoms with van der Waals surface area (Å²) in [5.74, 6) is 1.02. The molecule has 1 aromatic heterocycles. The predicted molar refractivity (Wildman–Crippen MR) is 131 cm³/mol. The minimum Gasteiger partial charge on any atom is -0.491 e. The van der Waals surface area contributed by atoms with Crippen molar-refractivity contribution in [2.75, 3.05) is 36.7 Å². The number of aromatic nitrogens is 1. The lowest BCUT2D eigenvalue weighted by molar-refractivity contribution is -0.895. The number of benzene rings is 1. The van der Waals surface area contributed by atoms with Crippen molar-refractivity contribution in [3.05, 3.63) is 41.6 Å². The van der Waals surface area contributed by atoms with Crippen LogP contribution in [0.5, 0.6) is 5.75 Å². The highest BCUT2D eigenvalue weighted by molar-refractivity contribution is 6.04. The summed E-state index contributed by atoms with van der Waals surface area (Å²) in [7, 11) is 3.57. The summed E-state index contributed by atoms with van der Waals surface area (Å²) in [6.07, 6.45) is 6.95. The number of pyridine rings is 1. The zero-order chi connectivity index (χ0) is 24.2. The zero-order valence-electron chi connectivity index (χ0n) is 19.8. The highest BCUT2D eigenvalue weighted by atomic mass is 16.5. The normalized spacial score (nSPS) is 20.3. The fourth-order valence-electron chi connectivity index (χ4n) is 4.01. The summed E-state index contributed by atoms with van der Waals surface area (Å²) in [4.78, 5) is 19.5. The van der Waals surface area contributed by atoms with Gasteiger partial charge in [-0.15, -0.1) is 0 Å². The molecule has 4 rings (SSSR count). The lowest BCUT2D eigenvalue weighted by Gasteiger charge is -2.22. The number of aliphatic imine (C=N–C) groups is 1. The van der Waals surface area contributed by atoms with Crippen LogP contribution in [0.2, 0.25) is 0 Å². The number of nitrogens with zero attached hydrogens (tertiary/aromatic N) is 3. The fraction of sp³-hybridized carbons (Fsp3) is 0.480. The first-order valence-corrected chi connectivity index (χ1v) is 11.8. The quantitative estimate of drug-likeness (QED) is 0.204. The minimum atomic E-state index is -0.476. The number of hydrogen-bond donors (Lipinski definition) is 4. The van der Waals surface area contributed by atoms with Crippen molar-refractivity contribution in [3.63, 3.8) is 0 Å². The second kappa shape index (κ2) is 10.3. The fourth-order valence-corrected chi connectivity index (χ4v) is 4.01. The third-order valence-corrected chi connectivity index (χ3v) is 6.33. The van der Waals surface area contributed by atoms with Crippen LogP contribution in [-0.2, 0) is 0 Å². The SMILES string of the molecule is CN(C)c1cccc(C(=O)Nc2cc(C=NC3CCC(O)CC3)c(N)cc2OCC2CC2)[n+]1O. The summed E-state index contributed by atoms with van der Waals surface area (Å²) in [6.45, 7) is 0.566. The van der Waals surface area contributed by atoms with Crippen molar-refractivity contribution in [2.24, 2.45) is 10.9 Å². The maximum atomic E-state index is 13.1. The van der Waals surface area contributed by atoms with Gasteiger partial charge in [-0.25, -0.2) is 0 Å². The second-order valence-electron chi connectivity index (χ2n) is 9.40. The van der Waals surface area contributed by atoms with Crippen LogP contribution >= 0.6 is 0 Å². The molecule has 1 aromatic carbocycles. The molecule has 182 valence electrons. The molecular formula is C25H34N5O4+. The smallest absolute Gasteiger partial charge is 0.316 e. The van der Waals surface area contributed by atoms with E-state index >= 15 is 0 Å². The van der Waals surface area contributed by atoms with E-state index in [1.165, 1.54) is 0 Å². The number of nitrogen functional groups attached to an aromatic ring is 1. The molecule has 0 radical (unpaired) electrons. The Morgan fingerprint density at radius 2 is 1.97 bits per heavy atom. The van der Waals surface area contributed by atoms with Crippen molar-refractivity contribution in [2.45, 2.75) is 50.7 Å². The molecule has 2 fully saturated rings. The van der Waals surface area contributed by atoms with Gasteiger partial charge in [-0.05, 0) is 67.4 Å². The Balaban J connectivity index is 1.59. The number of aliphatic hydroxyl groups is 1. The van der Waals surface area contributed by atoms with E-state index in [-0.39, 0.29) is 17.8 Å². The van der Waals surface area contributed by atoms with E-state index in [0.29, 0.717) is 41.0 Å². The molecule has 0 spiro atoms. The standard InChI is InChI=1S/C25H33N5O4/c1-29(2)24-5-3-4-22(30(24)33)25(32)28-21-12-17(14-27-18-8-10-19(31)11-9-18)20(26)13-23(21)34-15-16-6-7-16/h3-5,12-14,16,18-19,26,31-33H,6-11,15H2,1-2H3/p+1. The molecule has 0 atom stereocenters. The molecule has 9 heteroatoms. The molecule has 9 nitrogen and oxygen atoms in total. The summed E-state index contributed by atoms with van der Waals surface area (Å²) >= 11 is 0. The van der Waals surface area contributed by atoms with Gasteiger partial charge in [0.1, 0.15) is 5.75 Å². The Hall–Kier alpha value is -3.33. The van der Waals surface area contributed by atoms with Crippen molar-refractivity contribution in [3.8, 4) is 5.75 Å².